The van der Waals surface area contributed by atoms with Crippen molar-refractivity contribution in [3.8, 4) is 0 Å². The van der Waals surface area contributed by atoms with Gasteiger partial charge in [-0.15, -0.1) is 0 Å². The van der Waals surface area contributed by atoms with E-state index in [4.69, 9.17) is 0 Å². The number of aryl methyl sites for hydroxylation is 1. The first-order valence-electron chi connectivity index (χ1n) is 7.26. The molecule has 1 unspecified atom stereocenters. The average molecular weight is 405 g/mol. The van der Waals surface area contributed by atoms with E-state index in [1.54, 1.807) is 12.1 Å². The van der Waals surface area contributed by atoms with Crippen molar-refractivity contribution in [1.29, 1.82) is 0 Å². The highest BCUT2D eigenvalue weighted by Gasteiger charge is 2.38. The van der Waals surface area contributed by atoms with Gasteiger partial charge in [0.15, 0.2) is 12.4 Å². The fourth-order valence-corrected chi connectivity index (χ4v) is 3.72. The van der Waals surface area contributed by atoms with Gasteiger partial charge in [0.05, 0.1) is 0 Å². The van der Waals surface area contributed by atoms with E-state index in [2.05, 4.69) is 26.6 Å². The third-order valence-corrected chi connectivity index (χ3v) is 5.60. The van der Waals surface area contributed by atoms with Crippen molar-refractivity contribution in [1.82, 2.24) is 5.32 Å². The number of aromatic nitrogens is 1. The van der Waals surface area contributed by atoms with Crippen molar-refractivity contribution >= 4 is 45.2 Å². The third kappa shape index (κ3) is 3.68. The maximum absolute atomic E-state index is 12.3. The van der Waals surface area contributed by atoms with Crippen LogP contribution in [-0.4, -0.2) is 11.8 Å². The fourth-order valence-electron chi connectivity index (χ4n) is 2.24. The summed E-state index contributed by atoms with van der Waals surface area (Å²) in [6, 6.07) is 13.0. The Balaban J connectivity index is 1.78. The van der Waals surface area contributed by atoms with Crippen molar-refractivity contribution in [2.75, 3.05) is 5.32 Å². The van der Waals surface area contributed by atoms with Gasteiger partial charge in [0.25, 0.3) is 11.3 Å². The van der Waals surface area contributed by atoms with Crippen LogP contribution in [0.2, 0.25) is 0 Å². The van der Waals surface area contributed by atoms with E-state index >= 15 is 0 Å². The summed E-state index contributed by atoms with van der Waals surface area (Å²) in [7, 11) is 0. The molecule has 1 aromatic carbocycles. The van der Waals surface area contributed by atoms with Gasteiger partial charge in [-0.25, -0.2) is 0 Å². The largest absolute Gasteiger partial charge is 0.321 e. The minimum atomic E-state index is -0.433. The first kappa shape index (κ1) is 16.7. The summed E-state index contributed by atoms with van der Waals surface area (Å²) in [5.41, 5.74) is 1.75. The Bertz CT molecular complexity index is 824. The topological polar surface area (TPSA) is 62.1 Å². The molecular weight excluding hydrogens is 390 g/mol. The van der Waals surface area contributed by atoms with Gasteiger partial charge in [0.2, 0.25) is 0 Å². The second kappa shape index (κ2) is 7.19. The minimum Gasteiger partial charge on any atom is -0.321 e. The van der Waals surface area contributed by atoms with Crippen molar-refractivity contribution < 1.29 is 14.2 Å². The van der Waals surface area contributed by atoms with Gasteiger partial charge in [-0.3, -0.25) is 9.59 Å². The van der Waals surface area contributed by atoms with Gasteiger partial charge in [0.1, 0.15) is 9.51 Å². The Morgan fingerprint density at radius 2 is 2.00 bits per heavy atom. The number of pyridine rings is 1. The lowest BCUT2D eigenvalue weighted by Crippen LogP contribution is -2.41. The van der Waals surface area contributed by atoms with E-state index in [9.17, 15) is 9.59 Å². The third-order valence-electron chi connectivity index (χ3n) is 3.36. The number of rotatable bonds is 3. The molecule has 2 heterocycles. The van der Waals surface area contributed by atoms with E-state index in [-0.39, 0.29) is 11.8 Å². The zero-order chi connectivity index (χ0) is 17.1. The Kier molecular flexibility index (Phi) is 5.01. The van der Waals surface area contributed by atoms with Gasteiger partial charge in [-0.1, -0.05) is 18.2 Å². The molecule has 1 atom stereocenters. The SMILES string of the molecule is Cc1ccc[n+](C2SC(=C(Br)C(=O)Nc3ccccc3)NC2=O)c1. The quantitative estimate of drug-likeness (QED) is 0.610. The van der Waals surface area contributed by atoms with Gasteiger partial charge in [0, 0.05) is 17.3 Å². The van der Waals surface area contributed by atoms with Crippen LogP contribution in [0.3, 0.4) is 0 Å². The maximum atomic E-state index is 12.3. The van der Waals surface area contributed by atoms with Crippen molar-refractivity contribution in [2.24, 2.45) is 0 Å². The number of amides is 2. The number of halogens is 1. The van der Waals surface area contributed by atoms with E-state index in [0.717, 1.165) is 5.56 Å². The number of anilines is 1. The molecule has 0 saturated carbocycles. The van der Waals surface area contributed by atoms with Gasteiger partial charge in [-0.2, -0.15) is 4.57 Å². The highest BCUT2D eigenvalue weighted by atomic mass is 79.9. The van der Waals surface area contributed by atoms with E-state index in [1.165, 1.54) is 11.8 Å². The summed E-state index contributed by atoms with van der Waals surface area (Å²) in [6.07, 6.45) is 3.74. The molecule has 2 amide bonds. The van der Waals surface area contributed by atoms with Gasteiger partial charge >= 0.3 is 5.91 Å². The summed E-state index contributed by atoms with van der Waals surface area (Å²) in [4.78, 5) is 24.6. The molecule has 122 valence electrons. The second-order valence-electron chi connectivity index (χ2n) is 5.25. The fraction of sp³-hybridized carbons (Fsp3) is 0.118. The van der Waals surface area contributed by atoms with Crippen LogP contribution in [0, 0.1) is 6.92 Å². The van der Waals surface area contributed by atoms with Crippen LogP contribution in [0.15, 0.2) is 64.4 Å². The van der Waals surface area contributed by atoms with Crippen LogP contribution in [-0.2, 0) is 9.59 Å². The van der Waals surface area contributed by atoms with Crippen molar-refractivity contribution in [3.05, 3.63) is 69.9 Å². The molecule has 1 aliphatic heterocycles. The molecule has 2 N–H and O–H groups in total. The van der Waals surface area contributed by atoms with E-state index < -0.39 is 5.37 Å². The Hall–Kier alpha value is -2.12. The van der Waals surface area contributed by atoms with Crippen LogP contribution >= 0.6 is 27.7 Å². The number of hydrogen-bond acceptors (Lipinski definition) is 3. The predicted molar refractivity (Wildman–Crippen MR) is 97.2 cm³/mol. The van der Waals surface area contributed by atoms with Crippen LogP contribution in [0.25, 0.3) is 0 Å². The molecule has 2 aromatic rings. The number of nitrogens with one attached hydrogen (secondary N) is 2. The lowest BCUT2D eigenvalue weighted by molar-refractivity contribution is -0.687. The first-order chi connectivity index (χ1) is 11.5. The van der Waals surface area contributed by atoms with Gasteiger partial charge < -0.3 is 10.6 Å². The summed E-state index contributed by atoms with van der Waals surface area (Å²) in [5.74, 6) is -0.464. The normalized spacial score (nSPS) is 18.9. The van der Waals surface area contributed by atoms with Crippen molar-refractivity contribution in [3.63, 3.8) is 0 Å². The standard InChI is InChI=1S/C17H14BrN3O2S/c1-11-6-5-9-21(10-11)17-15(23)20-16(24-17)13(18)14(22)19-12-7-3-2-4-8-12/h2-10,17H,1H3,(H-,19,20,22,23)/p+1. The molecule has 1 aliphatic rings. The number of benzene rings is 1. The summed E-state index contributed by atoms with van der Waals surface area (Å²) in [5, 5.41) is 5.62. The zero-order valence-electron chi connectivity index (χ0n) is 12.8. The Morgan fingerprint density at radius 1 is 1.25 bits per heavy atom. The van der Waals surface area contributed by atoms with E-state index in [1.807, 2.05) is 54.2 Å². The number of carbonyl (C=O) groups excluding carboxylic acids is 2. The molecule has 3 rings (SSSR count). The highest BCUT2D eigenvalue weighted by Crippen LogP contribution is 2.35. The number of thioether (sulfide) groups is 1. The molecular formula is C17H15BrN3O2S+. The summed E-state index contributed by atoms with van der Waals surface area (Å²) >= 11 is 4.59. The molecule has 1 fully saturated rings. The predicted octanol–water partition coefficient (Wildman–Crippen LogP) is 2.85. The molecule has 24 heavy (non-hydrogen) atoms. The zero-order valence-corrected chi connectivity index (χ0v) is 15.2. The molecule has 0 aliphatic carbocycles. The molecule has 0 bridgehead atoms. The number of carbonyl (C=O) groups is 2. The maximum Gasteiger partial charge on any atom is 0.305 e. The molecule has 0 spiro atoms. The Labute approximate surface area is 152 Å². The Morgan fingerprint density at radius 3 is 2.71 bits per heavy atom. The average Bonchev–Trinajstić information content (AvgIpc) is 2.97. The number of hydrogen-bond donors (Lipinski definition) is 2. The lowest BCUT2D eigenvalue weighted by Gasteiger charge is -2.05. The summed E-state index contributed by atoms with van der Waals surface area (Å²) < 4.78 is 2.14. The second-order valence-corrected chi connectivity index (χ2v) is 7.13. The van der Waals surface area contributed by atoms with Crippen LogP contribution in [0.5, 0.6) is 0 Å². The summed E-state index contributed by atoms with van der Waals surface area (Å²) in [6.45, 7) is 1.97. The minimum absolute atomic E-state index is 0.157. The smallest absolute Gasteiger partial charge is 0.305 e. The first-order valence-corrected chi connectivity index (χ1v) is 8.93. The molecule has 5 nitrogen and oxygen atoms in total. The molecule has 1 aromatic heterocycles. The van der Waals surface area contributed by atoms with E-state index in [0.29, 0.717) is 15.2 Å². The molecule has 1 saturated heterocycles. The highest BCUT2D eigenvalue weighted by molar-refractivity contribution is 9.12. The number of nitrogens with zero attached hydrogens (tertiary/aromatic N) is 1. The monoisotopic (exact) mass is 404 g/mol. The lowest BCUT2D eigenvalue weighted by atomic mass is 10.3. The molecule has 0 radical (unpaired) electrons. The van der Waals surface area contributed by atoms with Crippen LogP contribution in [0.4, 0.5) is 5.69 Å². The van der Waals surface area contributed by atoms with Crippen LogP contribution < -0.4 is 15.2 Å². The van der Waals surface area contributed by atoms with Crippen LogP contribution in [0.1, 0.15) is 10.9 Å². The molecule has 7 heteroatoms. The van der Waals surface area contributed by atoms with Gasteiger partial charge in [-0.05, 0) is 52.8 Å². The van der Waals surface area contributed by atoms with Crippen molar-refractivity contribution in [2.45, 2.75) is 12.3 Å². The number of para-hydroxylation sites is 1.